The molecule has 8 heteroatoms. The number of hydrogen-bond acceptors (Lipinski definition) is 6. The van der Waals surface area contributed by atoms with Crippen molar-refractivity contribution in [1.29, 1.82) is 0 Å². The summed E-state index contributed by atoms with van der Waals surface area (Å²) in [6.07, 6.45) is 59.3. The van der Waals surface area contributed by atoms with Crippen molar-refractivity contribution >= 4 is 17.2 Å². The van der Waals surface area contributed by atoms with Crippen LogP contribution < -0.4 is 9.05 Å². The smallest absolute Gasteiger partial charge is 0.417 e. The molecule has 0 bridgehead atoms. The van der Waals surface area contributed by atoms with E-state index in [0.717, 1.165) is 76.1 Å². The maximum absolute atomic E-state index is 7.08. The average Bonchev–Trinajstić information content (AvgIpc) is 3.47. The molecule has 0 N–H and O–H groups in total. The van der Waals surface area contributed by atoms with Gasteiger partial charge in [-0.1, -0.05) is 283 Å². The highest BCUT2D eigenvalue weighted by molar-refractivity contribution is 7.42. The van der Waals surface area contributed by atoms with Crippen molar-refractivity contribution in [3.8, 4) is 11.5 Å². The highest BCUT2D eigenvalue weighted by Crippen LogP contribution is 2.53. The third-order valence-electron chi connectivity index (χ3n) is 18.2. The first-order valence-corrected chi connectivity index (χ1v) is 36.8. The standard InChI is InChI=1S/C71H126O6P2/c1-7-11-15-19-23-27-31-35-39-47-63-49-41-43-51-69(63)76-79(77-70-52-44-42-50-64(70)48-40-36-32-28-24-20-16-12-8-2)75-68-59-55-66(56-60-68)71(5,6)65-53-57-67(58-54-65)74-78(72-61-45-37-33-29-25-21-17-13-9-3)73-62-46-38-34-30-26-22-18-14-10-4/h41-44,49-52,65-68H,7-40,45-48,53-62H2,1-6H3. The number of benzene rings is 2. The van der Waals surface area contributed by atoms with Crippen LogP contribution in [0.15, 0.2) is 48.5 Å². The maximum Gasteiger partial charge on any atom is 0.463 e. The lowest BCUT2D eigenvalue weighted by Crippen LogP contribution is -2.39. The Labute approximate surface area is 492 Å². The van der Waals surface area contributed by atoms with E-state index in [1.807, 2.05) is 0 Å². The molecule has 0 saturated heterocycles. The number of rotatable bonds is 52. The van der Waals surface area contributed by atoms with Gasteiger partial charge in [0, 0.05) is 0 Å². The lowest BCUT2D eigenvalue weighted by atomic mass is 9.60. The fraction of sp³-hybridized carbons (Fsp3) is 0.831. The van der Waals surface area contributed by atoms with Crippen LogP contribution in [0.1, 0.15) is 335 Å². The molecule has 456 valence electrons. The molecule has 2 fully saturated rings. The van der Waals surface area contributed by atoms with E-state index in [4.69, 9.17) is 27.1 Å². The second-order valence-corrected chi connectivity index (χ2v) is 27.5. The van der Waals surface area contributed by atoms with Crippen molar-refractivity contribution in [3.05, 3.63) is 59.7 Å². The molecule has 0 amide bonds. The lowest BCUT2D eigenvalue weighted by Gasteiger charge is -2.46. The van der Waals surface area contributed by atoms with Gasteiger partial charge in [-0.3, -0.25) is 4.52 Å². The minimum atomic E-state index is -1.65. The van der Waals surface area contributed by atoms with Crippen molar-refractivity contribution < 1.29 is 27.1 Å². The first-order chi connectivity index (χ1) is 38.9. The Morgan fingerprint density at radius 1 is 0.342 bits per heavy atom. The summed E-state index contributed by atoms with van der Waals surface area (Å²) in [7, 11) is -2.96. The minimum Gasteiger partial charge on any atom is -0.417 e. The maximum atomic E-state index is 7.08. The Morgan fingerprint density at radius 3 is 0.949 bits per heavy atom. The molecular weight excluding hydrogens is 1010 g/mol. The minimum absolute atomic E-state index is 0.127. The molecule has 79 heavy (non-hydrogen) atoms. The molecule has 2 aliphatic carbocycles. The van der Waals surface area contributed by atoms with Gasteiger partial charge in [-0.05, 0) is 130 Å². The second-order valence-electron chi connectivity index (χ2n) is 25.3. The Balaban J connectivity index is 1.29. The molecule has 0 unspecified atom stereocenters. The molecule has 0 heterocycles. The molecule has 2 aliphatic rings. The summed E-state index contributed by atoms with van der Waals surface area (Å²) >= 11 is 0. The van der Waals surface area contributed by atoms with Gasteiger partial charge in [-0.2, -0.15) is 0 Å². The lowest BCUT2D eigenvalue weighted by molar-refractivity contribution is 0.00529. The number of unbranched alkanes of at least 4 members (excludes halogenated alkanes) is 32. The van der Waals surface area contributed by atoms with E-state index >= 15 is 0 Å². The Hall–Kier alpha value is -1.26. The number of aryl methyl sites for hydroxylation is 2. The summed E-state index contributed by atoms with van der Waals surface area (Å²) in [6.45, 7) is 15.9. The van der Waals surface area contributed by atoms with Crippen LogP contribution in [0.5, 0.6) is 11.5 Å². The largest absolute Gasteiger partial charge is 0.463 e. The molecule has 2 aromatic rings. The molecule has 2 saturated carbocycles. The normalized spacial score (nSPS) is 18.0. The van der Waals surface area contributed by atoms with E-state index < -0.39 is 17.2 Å². The van der Waals surface area contributed by atoms with Crippen LogP contribution in [0.2, 0.25) is 0 Å². The molecule has 0 atom stereocenters. The number of hydrogen-bond donors (Lipinski definition) is 0. The van der Waals surface area contributed by atoms with Gasteiger partial charge in [0.15, 0.2) is 0 Å². The van der Waals surface area contributed by atoms with Gasteiger partial charge in [0.25, 0.3) is 0 Å². The molecule has 4 rings (SSSR count). The van der Waals surface area contributed by atoms with E-state index in [1.165, 1.54) is 255 Å². The van der Waals surface area contributed by atoms with Gasteiger partial charge < -0.3 is 22.6 Å². The highest BCUT2D eigenvalue weighted by atomic mass is 31.2. The first kappa shape index (κ1) is 70.2. The van der Waals surface area contributed by atoms with Gasteiger partial charge in [-0.15, -0.1) is 0 Å². The zero-order valence-corrected chi connectivity index (χ0v) is 54.5. The third kappa shape index (κ3) is 32.6. The molecule has 0 aromatic heterocycles. The van der Waals surface area contributed by atoms with Gasteiger partial charge in [0.05, 0.1) is 25.4 Å². The van der Waals surface area contributed by atoms with Crippen LogP contribution in [-0.2, 0) is 30.9 Å². The van der Waals surface area contributed by atoms with Crippen molar-refractivity contribution in [1.82, 2.24) is 0 Å². The molecular formula is C71H126O6P2. The Kier molecular flexibility index (Phi) is 41.8. The Morgan fingerprint density at radius 2 is 0.620 bits per heavy atom. The predicted molar refractivity (Wildman–Crippen MR) is 344 cm³/mol. The molecule has 2 aromatic carbocycles. The predicted octanol–water partition coefficient (Wildman–Crippen LogP) is 25.0. The highest BCUT2D eigenvalue weighted by Gasteiger charge is 2.42. The zero-order chi connectivity index (χ0) is 56.1. The van der Waals surface area contributed by atoms with Gasteiger partial charge >= 0.3 is 17.2 Å². The van der Waals surface area contributed by atoms with Crippen LogP contribution in [0, 0.1) is 17.3 Å². The quantitative estimate of drug-likeness (QED) is 0.0486. The van der Waals surface area contributed by atoms with Gasteiger partial charge in [0.2, 0.25) is 0 Å². The fourth-order valence-corrected chi connectivity index (χ4v) is 15.1. The van der Waals surface area contributed by atoms with E-state index in [0.29, 0.717) is 11.8 Å². The van der Waals surface area contributed by atoms with Gasteiger partial charge in [-0.25, -0.2) is 0 Å². The summed E-state index contributed by atoms with van der Waals surface area (Å²) < 4.78 is 40.7. The zero-order valence-electron chi connectivity index (χ0n) is 52.7. The van der Waals surface area contributed by atoms with E-state index in [9.17, 15) is 0 Å². The Bertz CT molecular complexity index is 1580. The van der Waals surface area contributed by atoms with Crippen LogP contribution in [-0.4, -0.2) is 25.4 Å². The van der Waals surface area contributed by atoms with Crippen molar-refractivity contribution in [2.75, 3.05) is 13.2 Å². The molecule has 0 aliphatic heterocycles. The van der Waals surface area contributed by atoms with Crippen molar-refractivity contribution in [2.24, 2.45) is 17.3 Å². The monoisotopic (exact) mass is 1140 g/mol. The van der Waals surface area contributed by atoms with Gasteiger partial charge in [0.1, 0.15) is 11.5 Å². The van der Waals surface area contributed by atoms with Crippen LogP contribution in [0.3, 0.4) is 0 Å². The van der Waals surface area contributed by atoms with Crippen LogP contribution in [0.25, 0.3) is 0 Å². The van der Waals surface area contributed by atoms with E-state index in [-0.39, 0.29) is 17.6 Å². The topological polar surface area (TPSA) is 55.4 Å². The molecule has 6 nitrogen and oxygen atoms in total. The van der Waals surface area contributed by atoms with Crippen molar-refractivity contribution in [3.63, 3.8) is 0 Å². The summed E-state index contributed by atoms with van der Waals surface area (Å²) in [5.41, 5.74) is 2.82. The summed E-state index contributed by atoms with van der Waals surface area (Å²) in [4.78, 5) is 0. The van der Waals surface area contributed by atoms with Crippen LogP contribution in [0.4, 0.5) is 0 Å². The van der Waals surface area contributed by atoms with E-state index in [2.05, 4.69) is 90.1 Å². The number of para-hydroxylation sites is 2. The summed E-state index contributed by atoms with van der Waals surface area (Å²) in [5.74, 6) is 3.23. The summed E-state index contributed by atoms with van der Waals surface area (Å²) in [5, 5.41) is 0. The average molecular weight is 1140 g/mol. The first-order valence-electron chi connectivity index (χ1n) is 34.6. The summed E-state index contributed by atoms with van der Waals surface area (Å²) in [6, 6.07) is 17.4. The second kappa shape index (κ2) is 47.0. The molecule has 0 spiro atoms. The third-order valence-corrected chi connectivity index (χ3v) is 20.6. The molecule has 0 radical (unpaired) electrons. The van der Waals surface area contributed by atoms with Crippen LogP contribution >= 0.6 is 17.2 Å². The fourth-order valence-electron chi connectivity index (χ4n) is 12.7. The SMILES string of the molecule is CCCCCCCCCCCOP(OCCCCCCCCCCC)OC1CCC(C(C)(C)C2CCC(OP(Oc3ccccc3CCCCCCCCCCC)Oc3ccccc3CCCCCCCCCCC)CC2)CC1. The van der Waals surface area contributed by atoms with E-state index in [1.54, 1.807) is 0 Å². The van der Waals surface area contributed by atoms with Crippen molar-refractivity contribution in [2.45, 2.75) is 349 Å².